The van der Waals surface area contributed by atoms with Gasteiger partial charge in [0.2, 0.25) is 11.8 Å². The van der Waals surface area contributed by atoms with Crippen molar-refractivity contribution in [1.82, 2.24) is 4.57 Å². The Morgan fingerprint density at radius 1 is 1.18 bits per heavy atom. The maximum atomic E-state index is 12.0. The van der Waals surface area contributed by atoms with Gasteiger partial charge in [0, 0.05) is 18.1 Å². The normalized spacial score (nSPS) is 10.1. The first-order valence-corrected chi connectivity index (χ1v) is 6.76. The minimum atomic E-state index is -0.222. The average molecular weight is 291 g/mol. The number of hydrogen-bond donors (Lipinski definition) is 1. The lowest BCUT2D eigenvalue weighted by Gasteiger charge is -2.06. The fourth-order valence-corrected chi connectivity index (χ4v) is 2.14. The first kappa shape index (κ1) is 13.7. The van der Waals surface area contributed by atoms with E-state index >= 15 is 0 Å². The van der Waals surface area contributed by atoms with Gasteiger partial charge in [-0.2, -0.15) is 5.26 Å². The first-order valence-electron chi connectivity index (χ1n) is 6.76. The minimum Gasteiger partial charge on any atom is -0.447 e. The summed E-state index contributed by atoms with van der Waals surface area (Å²) in [7, 11) is 0. The zero-order chi connectivity index (χ0) is 15.4. The van der Waals surface area contributed by atoms with Crippen LogP contribution in [0.3, 0.4) is 0 Å². The summed E-state index contributed by atoms with van der Waals surface area (Å²) in [5.74, 6) is -0.0309. The topological polar surface area (TPSA) is 71.0 Å². The Morgan fingerprint density at radius 3 is 2.59 bits per heavy atom. The van der Waals surface area contributed by atoms with E-state index in [0.717, 1.165) is 11.3 Å². The second-order valence-corrected chi connectivity index (χ2v) is 4.76. The van der Waals surface area contributed by atoms with Crippen LogP contribution in [-0.2, 0) is 11.2 Å². The van der Waals surface area contributed by atoms with Gasteiger partial charge in [0.15, 0.2) is 0 Å². The van der Waals surface area contributed by atoms with Gasteiger partial charge in [-0.15, -0.1) is 0 Å². The van der Waals surface area contributed by atoms with Crippen LogP contribution in [0, 0.1) is 11.3 Å². The quantitative estimate of drug-likeness (QED) is 0.802. The molecule has 0 saturated heterocycles. The molecule has 0 fully saturated rings. The zero-order valence-electron chi connectivity index (χ0n) is 11.7. The third-order valence-corrected chi connectivity index (χ3v) is 3.24. The third-order valence-electron chi connectivity index (χ3n) is 3.24. The van der Waals surface area contributed by atoms with Gasteiger partial charge in [-0.25, -0.2) is 0 Å². The van der Waals surface area contributed by atoms with Crippen LogP contribution >= 0.6 is 0 Å². The molecule has 1 N–H and O–H groups in total. The number of aromatic nitrogens is 1. The van der Waals surface area contributed by atoms with E-state index in [2.05, 4.69) is 5.32 Å². The number of benzene rings is 1. The van der Waals surface area contributed by atoms with Gasteiger partial charge in [-0.1, -0.05) is 12.1 Å². The van der Waals surface area contributed by atoms with Crippen molar-refractivity contribution in [3.63, 3.8) is 0 Å². The lowest BCUT2D eigenvalue weighted by Crippen LogP contribution is -2.14. The van der Waals surface area contributed by atoms with Crippen LogP contribution in [0.4, 0.5) is 5.88 Å². The van der Waals surface area contributed by atoms with E-state index in [1.807, 2.05) is 59.4 Å². The number of nitrogens with one attached hydrogen (secondary N) is 1. The molecule has 22 heavy (non-hydrogen) atoms. The Labute approximate surface area is 127 Å². The predicted octanol–water partition coefficient (Wildman–Crippen LogP) is 3.12. The number of nitrogens with zero attached hydrogens (tertiary/aromatic N) is 2. The number of carbonyl (C=O) groups excluding carboxylic acids is 1. The number of anilines is 1. The molecule has 5 heteroatoms. The molecule has 108 valence electrons. The monoisotopic (exact) mass is 291 g/mol. The minimum absolute atomic E-state index is 0.191. The molecule has 2 heterocycles. The van der Waals surface area contributed by atoms with Crippen LogP contribution in [0.2, 0.25) is 0 Å². The van der Waals surface area contributed by atoms with Gasteiger partial charge in [-0.3, -0.25) is 10.1 Å². The number of carbonyl (C=O) groups is 1. The maximum absolute atomic E-state index is 12.0. The van der Waals surface area contributed by atoms with Gasteiger partial charge in [-0.05, 0) is 35.9 Å². The van der Waals surface area contributed by atoms with Crippen molar-refractivity contribution in [1.29, 1.82) is 5.26 Å². The summed E-state index contributed by atoms with van der Waals surface area (Å²) in [6, 6.07) is 15.1. The third kappa shape index (κ3) is 2.91. The summed E-state index contributed by atoms with van der Waals surface area (Å²) in [5, 5.41) is 11.5. The molecule has 0 atom stereocenters. The van der Waals surface area contributed by atoms with Crippen molar-refractivity contribution < 1.29 is 9.21 Å². The molecule has 0 saturated carbocycles. The molecular weight excluding hydrogens is 278 g/mol. The molecule has 3 aromatic rings. The highest BCUT2D eigenvalue weighted by Crippen LogP contribution is 2.16. The van der Waals surface area contributed by atoms with Crippen molar-refractivity contribution in [3.8, 4) is 11.8 Å². The maximum Gasteiger partial charge on any atom is 0.231 e. The summed E-state index contributed by atoms with van der Waals surface area (Å²) in [6.45, 7) is 0. The predicted molar refractivity (Wildman–Crippen MR) is 81.5 cm³/mol. The van der Waals surface area contributed by atoms with Crippen LogP contribution < -0.4 is 5.32 Å². The lowest BCUT2D eigenvalue weighted by molar-refractivity contribution is -0.115. The molecule has 2 aromatic heterocycles. The second-order valence-electron chi connectivity index (χ2n) is 4.76. The molecule has 1 amide bonds. The summed E-state index contributed by atoms with van der Waals surface area (Å²) in [6.07, 6.45) is 5.52. The molecule has 5 nitrogen and oxygen atoms in total. The molecule has 1 aromatic carbocycles. The van der Waals surface area contributed by atoms with Crippen molar-refractivity contribution in [2.24, 2.45) is 0 Å². The molecule has 0 bridgehead atoms. The van der Waals surface area contributed by atoms with Gasteiger partial charge < -0.3 is 8.98 Å². The van der Waals surface area contributed by atoms with E-state index in [4.69, 9.17) is 9.68 Å². The number of amides is 1. The van der Waals surface area contributed by atoms with Crippen LogP contribution in [0.15, 0.2) is 65.5 Å². The second kappa shape index (κ2) is 6.02. The molecule has 0 spiro atoms. The fraction of sp³-hybridized carbons (Fsp3) is 0.0588. The summed E-state index contributed by atoms with van der Waals surface area (Å²) < 4.78 is 7.07. The van der Waals surface area contributed by atoms with Crippen LogP contribution in [-0.4, -0.2) is 10.5 Å². The van der Waals surface area contributed by atoms with Crippen LogP contribution in [0.25, 0.3) is 5.69 Å². The van der Waals surface area contributed by atoms with Gasteiger partial charge in [0.1, 0.15) is 11.6 Å². The highest BCUT2D eigenvalue weighted by molar-refractivity contribution is 5.92. The van der Waals surface area contributed by atoms with E-state index in [9.17, 15) is 4.79 Å². The smallest absolute Gasteiger partial charge is 0.231 e. The Morgan fingerprint density at radius 2 is 1.91 bits per heavy atom. The van der Waals surface area contributed by atoms with Crippen molar-refractivity contribution in [2.45, 2.75) is 6.42 Å². The van der Waals surface area contributed by atoms with Gasteiger partial charge in [0.25, 0.3) is 0 Å². The Balaban J connectivity index is 1.66. The molecule has 0 aliphatic rings. The fourth-order valence-electron chi connectivity index (χ4n) is 2.14. The number of hydrogen-bond acceptors (Lipinski definition) is 3. The van der Waals surface area contributed by atoms with Gasteiger partial charge >= 0.3 is 0 Å². The van der Waals surface area contributed by atoms with Crippen LogP contribution in [0.5, 0.6) is 0 Å². The highest BCUT2D eigenvalue weighted by atomic mass is 16.3. The zero-order valence-corrected chi connectivity index (χ0v) is 11.7. The molecule has 0 unspecified atom stereocenters. The Kier molecular flexibility index (Phi) is 3.75. The van der Waals surface area contributed by atoms with Gasteiger partial charge in [0.05, 0.1) is 12.7 Å². The average Bonchev–Trinajstić information content (AvgIpc) is 3.19. The number of rotatable bonds is 4. The highest BCUT2D eigenvalue weighted by Gasteiger charge is 2.10. The number of furan rings is 1. The molecule has 3 rings (SSSR count). The standard InChI is InChI=1S/C17H13N3O2/c18-12-14-7-10-22-17(14)19-16(21)11-13-3-5-15(6-4-13)20-8-1-2-9-20/h1-10H,11H2,(H,19,21). The van der Waals surface area contributed by atoms with E-state index in [-0.39, 0.29) is 18.2 Å². The van der Waals surface area contributed by atoms with Crippen LogP contribution in [0.1, 0.15) is 11.1 Å². The number of nitriles is 1. The summed E-state index contributed by atoms with van der Waals surface area (Å²) in [4.78, 5) is 12.0. The summed E-state index contributed by atoms with van der Waals surface area (Å²) >= 11 is 0. The first-order chi connectivity index (χ1) is 10.8. The van der Waals surface area contributed by atoms with Crippen molar-refractivity contribution in [3.05, 3.63) is 72.2 Å². The Bertz CT molecular complexity index is 808. The van der Waals surface area contributed by atoms with E-state index in [0.29, 0.717) is 5.56 Å². The van der Waals surface area contributed by atoms with E-state index in [1.54, 1.807) is 0 Å². The van der Waals surface area contributed by atoms with Crippen molar-refractivity contribution >= 4 is 11.8 Å². The molecular formula is C17H13N3O2. The largest absolute Gasteiger partial charge is 0.447 e. The van der Waals surface area contributed by atoms with E-state index < -0.39 is 0 Å². The Hall–Kier alpha value is -3.26. The molecule has 0 aliphatic heterocycles. The van der Waals surface area contributed by atoms with Crippen molar-refractivity contribution in [2.75, 3.05) is 5.32 Å². The molecule has 0 radical (unpaired) electrons. The van der Waals surface area contributed by atoms with E-state index in [1.165, 1.54) is 12.3 Å². The summed E-state index contributed by atoms with van der Waals surface area (Å²) in [5.41, 5.74) is 2.24. The SMILES string of the molecule is N#Cc1ccoc1NC(=O)Cc1ccc(-n2cccc2)cc1. The lowest BCUT2D eigenvalue weighted by atomic mass is 10.1. The molecule has 0 aliphatic carbocycles.